The number of hydrogen-bond acceptors (Lipinski definition) is 6. The van der Waals surface area contributed by atoms with Crippen LogP contribution in [0.15, 0.2) is 48.5 Å². The first-order valence-electron chi connectivity index (χ1n) is 12.6. The summed E-state index contributed by atoms with van der Waals surface area (Å²) in [6, 6.07) is 14.1. The molecule has 3 rings (SSSR count). The number of hydrogen-bond donors (Lipinski definition) is 5. The van der Waals surface area contributed by atoms with Gasteiger partial charge in [-0.2, -0.15) is 0 Å². The average molecular weight is 521 g/mol. The molecule has 0 aliphatic heterocycles. The van der Waals surface area contributed by atoms with Gasteiger partial charge in [-0.3, -0.25) is 14.8 Å². The maximum absolute atomic E-state index is 12.9. The summed E-state index contributed by atoms with van der Waals surface area (Å²) in [6.45, 7) is 9.04. The molecule has 1 aliphatic rings. The molecule has 1 fully saturated rings. The summed E-state index contributed by atoms with van der Waals surface area (Å²) in [7, 11) is 0. The van der Waals surface area contributed by atoms with Crippen molar-refractivity contribution >= 4 is 17.9 Å². The third-order valence-electron chi connectivity index (χ3n) is 5.82. The summed E-state index contributed by atoms with van der Waals surface area (Å²) in [5, 5.41) is 17.8. The topological polar surface area (TPSA) is 129 Å². The lowest BCUT2D eigenvalue weighted by atomic mass is 9.93. The van der Waals surface area contributed by atoms with E-state index in [1.165, 1.54) is 32.3 Å². The van der Waals surface area contributed by atoms with Gasteiger partial charge in [0.25, 0.3) is 11.8 Å². The molecule has 1 atom stereocenters. The molecule has 0 heterocycles. The molecule has 2 aromatic carbocycles. The molecule has 1 aliphatic carbocycles. The molecule has 0 saturated heterocycles. The van der Waals surface area contributed by atoms with Crippen LogP contribution in [0.25, 0.3) is 0 Å². The van der Waals surface area contributed by atoms with Gasteiger partial charge in [0.2, 0.25) is 0 Å². The van der Waals surface area contributed by atoms with Crippen molar-refractivity contribution in [2.75, 3.05) is 0 Å². The first kappa shape index (κ1) is 28.7. The van der Waals surface area contributed by atoms with Crippen LogP contribution in [-0.2, 0) is 16.1 Å². The minimum atomic E-state index is -1.30. The summed E-state index contributed by atoms with van der Waals surface area (Å²) in [4.78, 5) is 37.5. The Labute approximate surface area is 223 Å². The molecule has 2 aromatic rings. The van der Waals surface area contributed by atoms with Crippen molar-refractivity contribution in [3.05, 3.63) is 70.8 Å². The Kier molecular flexibility index (Phi) is 9.15. The molecule has 9 heteroatoms. The van der Waals surface area contributed by atoms with Gasteiger partial charge in [-0.25, -0.2) is 10.3 Å². The largest absolute Gasteiger partial charge is 0.444 e. The molecule has 0 spiro atoms. The molecule has 38 heavy (non-hydrogen) atoms. The van der Waals surface area contributed by atoms with Gasteiger partial charge in [0.05, 0.1) is 5.54 Å². The summed E-state index contributed by atoms with van der Waals surface area (Å²) < 4.78 is 5.25. The number of benzene rings is 2. The van der Waals surface area contributed by atoms with Crippen molar-refractivity contribution in [3.63, 3.8) is 0 Å². The predicted octanol–water partition coefficient (Wildman–Crippen LogP) is 3.25. The van der Waals surface area contributed by atoms with Crippen LogP contribution in [0.3, 0.4) is 0 Å². The quantitative estimate of drug-likeness (QED) is 0.207. The third kappa shape index (κ3) is 8.91. The summed E-state index contributed by atoms with van der Waals surface area (Å²) in [6.07, 6.45) is 1.75. The van der Waals surface area contributed by atoms with Crippen LogP contribution in [0.2, 0.25) is 0 Å². The Morgan fingerprint density at radius 3 is 2.00 bits per heavy atom. The van der Waals surface area contributed by atoms with E-state index in [1.807, 2.05) is 12.1 Å². The van der Waals surface area contributed by atoms with Gasteiger partial charge in [0, 0.05) is 29.3 Å². The second-order valence-corrected chi connectivity index (χ2v) is 10.9. The lowest BCUT2D eigenvalue weighted by Gasteiger charge is -2.34. The Morgan fingerprint density at radius 2 is 1.50 bits per heavy atom. The molecule has 5 N–H and O–H groups in total. The Bertz CT molecular complexity index is 1200. The van der Waals surface area contributed by atoms with Crippen LogP contribution in [-0.4, -0.2) is 46.3 Å². The SMILES string of the molecule is CC(C)(C)OC(=O)NC(C)(C)[C@H](NC(=O)c1ccc(C#Cc2ccc(CNC3CC3)cc2)cc1)C(=O)NO. The number of nitrogens with one attached hydrogen (secondary N) is 4. The van der Waals surface area contributed by atoms with Gasteiger partial charge in [-0.1, -0.05) is 24.0 Å². The summed E-state index contributed by atoms with van der Waals surface area (Å²) in [5.74, 6) is 4.75. The summed E-state index contributed by atoms with van der Waals surface area (Å²) in [5.41, 5.74) is 2.61. The molecule has 9 nitrogen and oxygen atoms in total. The zero-order valence-electron chi connectivity index (χ0n) is 22.5. The zero-order valence-corrected chi connectivity index (χ0v) is 22.5. The van der Waals surface area contributed by atoms with Crippen molar-refractivity contribution in [1.82, 2.24) is 21.4 Å². The fourth-order valence-electron chi connectivity index (χ4n) is 3.60. The zero-order chi connectivity index (χ0) is 27.9. The van der Waals surface area contributed by atoms with Crippen LogP contribution < -0.4 is 21.4 Å². The second-order valence-electron chi connectivity index (χ2n) is 10.9. The van der Waals surface area contributed by atoms with Gasteiger partial charge in [-0.15, -0.1) is 0 Å². The minimum absolute atomic E-state index is 0.284. The number of carbonyl (C=O) groups excluding carboxylic acids is 3. The van der Waals surface area contributed by atoms with E-state index in [0.29, 0.717) is 6.04 Å². The van der Waals surface area contributed by atoms with Crippen LogP contribution >= 0.6 is 0 Å². The molecule has 202 valence electrons. The van der Waals surface area contributed by atoms with Gasteiger partial charge >= 0.3 is 6.09 Å². The van der Waals surface area contributed by atoms with Gasteiger partial charge in [-0.05, 0) is 89.4 Å². The molecule has 1 saturated carbocycles. The number of ether oxygens (including phenoxy) is 1. The number of hydroxylamine groups is 1. The van der Waals surface area contributed by atoms with Gasteiger partial charge in [0.15, 0.2) is 0 Å². The fraction of sp³-hybridized carbons (Fsp3) is 0.414. The summed E-state index contributed by atoms with van der Waals surface area (Å²) >= 11 is 0. The molecular weight excluding hydrogens is 484 g/mol. The van der Waals surface area contributed by atoms with Crippen LogP contribution in [0.4, 0.5) is 4.79 Å². The first-order chi connectivity index (χ1) is 17.9. The van der Waals surface area contributed by atoms with E-state index in [1.54, 1.807) is 50.5 Å². The predicted molar refractivity (Wildman–Crippen MR) is 143 cm³/mol. The van der Waals surface area contributed by atoms with E-state index < -0.39 is 35.1 Å². The smallest absolute Gasteiger partial charge is 0.408 e. The number of alkyl carbamates (subject to hydrolysis) is 1. The Morgan fingerprint density at radius 1 is 0.947 bits per heavy atom. The second kappa shape index (κ2) is 12.1. The Balaban J connectivity index is 1.63. The van der Waals surface area contributed by atoms with E-state index in [0.717, 1.165) is 17.7 Å². The highest BCUT2D eigenvalue weighted by Gasteiger charge is 2.39. The molecule has 0 unspecified atom stereocenters. The highest BCUT2D eigenvalue weighted by Crippen LogP contribution is 2.19. The maximum atomic E-state index is 12.9. The van der Waals surface area contributed by atoms with Gasteiger partial charge < -0.3 is 20.7 Å². The number of amides is 3. The van der Waals surface area contributed by atoms with Crippen molar-refractivity contribution < 1.29 is 24.3 Å². The highest BCUT2D eigenvalue weighted by atomic mass is 16.6. The van der Waals surface area contributed by atoms with E-state index in [9.17, 15) is 19.6 Å². The van der Waals surface area contributed by atoms with Crippen molar-refractivity contribution in [2.45, 2.75) is 77.2 Å². The lowest BCUT2D eigenvalue weighted by molar-refractivity contribution is -0.132. The first-order valence-corrected chi connectivity index (χ1v) is 12.6. The third-order valence-corrected chi connectivity index (χ3v) is 5.82. The molecule has 3 amide bonds. The van der Waals surface area contributed by atoms with E-state index in [2.05, 4.69) is 39.9 Å². The van der Waals surface area contributed by atoms with E-state index in [4.69, 9.17) is 4.74 Å². The molecule has 0 aromatic heterocycles. The van der Waals surface area contributed by atoms with Crippen molar-refractivity contribution in [3.8, 4) is 11.8 Å². The normalized spacial score (nSPS) is 13.9. The monoisotopic (exact) mass is 520 g/mol. The highest BCUT2D eigenvalue weighted by molar-refractivity contribution is 5.98. The van der Waals surface area contributed by atoms with Crippen LogP contribution in [0.1, 0.15) is 74.5 Å². The van der Waals surface area contributed by atoms with Crippen molar-refractivity contribution in [1.29, 1.82) is 0 Å². The van der Waals surface area contributed by atoms with Crippen LogP contribution in [0, 0.1) is 11.8 Å². The molecule has 0 bridgehead atoms. The Hall–Kier alpha value is -3.87. The van der Waals surface area contributed by atoms with Crippen molar-refractivity contribution in [2.24, 2.45) is 0 Å². The maximum Gasteiger partial charge on any atom is 0.408 e. The number of carbonyl (C=O) groups is 3. The lowest BCUT2D eigenvalue weighted by Crippen LogP contribution is -2.64. The van der Waals surface area contributed by atoms with E-state index >= 15 is 0 Å². The molecule has 0 radical (unpaired) electrons. The number of rotatable bonds is 8. The standard InChI is InChI=1S/C29H36N4O5/c1-28(2,3)38-27(36)32-29(4,5)24(26(35)33-37)31-25(34)22-14-12-20(13-15-22)7-6-19-8-10-21(11-9-19)18-30-23-16-17-23/h8-15,23-24,30,37H,16-18H2,1-5H3,(H,31,34)(H,32,36)(H,33,35)/t24-/m1/s1. The van der Waals surface area contributed by atoms with Gasteiger partial charge in [0.1, 0.15) is 11.6 Å². The van der Waals surface area contributed by atoms with E-state index in [-0.39, 0.29) is 5.56 Å². The van der Waals surface area contributed by atoms with Crippen LogP contribution in [0.5, 0.6) is 0 Å². The minimum Gasteiger partial charge on any atom is -0.444 e. The molecular formula is C29H36N4O5. The average Bonchev–Trinajstić information content (AvgIpc) is 3.68. The fourth-order valence-corrected chi connectivity index (χ4v) is 3.60.